The van der Waals surface area contributed by atoms with Crippen LogP contribution in [0.3, 0.4) is 0 Å². The van der Waals surface area contributed by atoms with Crippen molar-refractivity contribution < 1.29 is 26.6 Å². The largest absolute Gasteiger partial charge is 0.532 e. The minimum absolute atomic E-state index is 0.346. The van der Waals surface area contributed by atoms with E-state index in [0.717, 1.165) is 15.8 Å². The van der Waals surface area contributed by atoms with Crippen LogP contribution < -0.4 is 5.19 Å². The molecule has 0 unspecified atom stereocenters. The van der Waals surface area contributed by atoms with Crippen molar-refractivity contribution in [3.63, 3.8) is 0 Å². The molecule has 26 heavy (non-hydrogen) atoms. The molecule has 0 saturated carbocycles. The van der Waals surface area contributed by atoms with Crippen molar-refractivity contribution in [1.82, 2.24) is 0 Å². The molecule has 0 saturated heterocycles. The van der Waals surface area contributed by atoms with E-state index >= 15 is 0 Å². The minimum Gasteiger partial charge on any atom is -0.374 e. The molecule has 0 heterocycles. The molecular weight excluding hydrogens is 384 g/mol. The zero-order valence-electron chi connectivity index (χ0n) is 16.8. The lowest BCUT2D eigenvalue weighted by Crippen LogP contribution is -2.52. The van der Waals surface area contributed by atoms with Crippen molar-refractivity contribution in [1.29, 1.82) is 0 Å². The van der Waals surface area contributed by atoms with Gasteiger partial charge in [0.2, 0.25) is 0 Å². The van der Waals surface area contributed by atoms with Gasteiger partial charge in [0.15, 0.2) is 0 Å². The van der Waals surface area contributed by atoms with Crippen molar-refractivity contribution in [3.05, 3.63) is 53.4 Å². The van der Waals surface area contributed by atoms with Gasteiger partial charge in [0, 0.05) is 69.2 Å². The Balaban J connectivity index is 3.62. The van der Waals surface area contributed by atoms with Gasteiger partial charge in [-0.15, -0.1) is 0 Å². The average molecular weight is 415 g/mol. The molecule has 0 aliphatic heterocycles. The maximum atomic E-state index is 5.66. The molecule has 0 aromatic heterocycles. The molecule has 146 valence electrons. The second-order valence-electron chi connectivity index (χ2n) is 5.68. The predicted molar refractivity (Wildman–Crippen MR) is 111 cm³/mol. The van der Waals surface area contributed by atoms with Crippen LogP contribution >= 0.6 is 0 Å². The number of benzene rings is 1. The number of rotatable bonds is 11. The van der Waals surface area contributed by atoms with E-state index in [4.69, 9.17) is 26.6 Å². The van der Waals surface area contributed by atoms with Crippen LogP contribution in [0.25, 0.3) is 0 Å². The quantitative estimate of drug-likeness (QED) is 0.497. The lowest BCUT2D eigenvalue weighted by Gasteiger charge is -2.36. The third-order valence-corrected chi connectivity index (χ3v) is 10.9. The Bertz CT molecular complexity index is 580. The molecule has 1 rings (SSSR count). The van der Waals surface area contributed by atoms with Gasteiger partial charge >= 0.3 is 17.6 Å². The highest BCUT2D eigenvalue weighted by atomic mass is 28.4. The second-order valence-corrected chi connectivity index (χ2v) is 12.7. The third kappa shape index (κ3) is 4.16. The highest BCUT2D eigenvalue weighted by molar-refractivity contribution is 6.72. The smallest absolute Gasteiger partial charge is 0.374 e. The zero-order valence-corrected chi connectivity index (χ0v) is 20.8. The lowest BCUT2D eigenvalue weighted by molar-refractivity contribution is 0.128. The second kappa shape index (κ2) is 9.88. The fraction of sp³-hybridized carbons (Fsp3) is 0.412. The first-order valence-corrected chi connectivity index (χ1v) is 12.5. The molecule has 0 spiro atoms. The minimum atomic E-state index is -3.15. The summed E-state index contributed by atoms with van der Waals surface area (Å²) >= 11 is 0. The molecule has 0 amide bonds. The van der Waals surface area contributed by atoms with Gasteiger partial charge in [0.25, 0.3) is 0 Å². The fourth-order valence-electron chi connectivity index (χ4n) is 3.14. The van der Waals surface area contributed by atoms with E-state index in [1.807, 2.05) is 18.2 Å². The Hall–Kier alpha value is -0.889. The summed E-state index contributed by atoms with van der Waals surface area (Å²) in [6, 6.07) is 8.12. The van der Waals surface area contributed by atoms with Crippen LogP contribution in [-0.2, 0) is 26.6 Å². The predicted octanol–water partition coefficient (Wildman–Crippen LogP) is 0.708. The Morgan fingerprint density at radius 3 is 1.42 bits per heavy atom. The van der Waals surface area contributed by atoms with E-state index < -0.39 is 17.6 Å². The lowest BCUT2D eigenvalue weighted by atomic mass is 9.98. The van der Waals surface area contributed by atoms with Gasteiger partial charge in [0.05, 0.1) is 0 Å². The summed E-state index contributed by atoms with van der Waals surface area (Å²) in [7, 11) is 3.90. The molecule has 0 bridgehead atoms. The van der Waals surface area contributed by atoms with Crippen LogP contribution in [0.15, 0.2) is 47.8 Å². The van der Waals surface area contributed by atoms with Crippen LogP contribution in [0.5, 0.6) is 0 Å². The maximum Gasteiger partial charge on any atom is 0.532 e. The normalized spacial score (nSPS) is 12.6. The van der Waals surface area contributed by atoms with Gasteiger partial charge in [-0.3, -0.25) is 0 Å². The first kappa shape index (κ1) is 23.2. The number of hydrogen-bond acceptors (Lipinski definition) is 6. The van der Waals surface area contributed by atoms with Crippen molar-refractivity contribution >= 4 is 33.0 Å². The number of hydrogen-bond donors (Lipinski definition) is 0. The van der Waals surface area contributed by atoms with E-state index in [2.05, 4.69) is 19.2 Å². The van der Waals surface area contributed by atoms with Gasteiger partial charge < -0.3 is 26.6 Å². The van der Waals surface area contributed by atoms with Gasteiger partial charge in [-0.05, 0) is 5.56 Å². The summed E-state index contributed by atoms with van der Waals surface area (Å²) in [5.41, 5.74) is 1.06. The first-order valence-electron chi connectivity index (χ1n) is 8.07. The highest BCUT2D eigenvalue weighted by Crippen LogP contribution is 2.39. The van der Waals surface area contributed by atoms with Gasteiger partial charge in [0.1, 0.15) is 0 Å². The van der Waals surface area contributed by atoms with Crippen LogP contribution in [0.4, 0.5) is 0 Å². The van der Waals surface area contributed by atoms with Gasteiger partial charge in [-0.1, -0.05) is 42.6 Å². The zero-order chi connectivity index (χ0) is 20.0. The molecule has 0 radical (unpaired) electrons. The standard InChI is InChI=1S/C17H30O6Si3/c1-13(25(18-3,19-4)20-5)17(15-11-9-10-12-16(15)24)14(2)26(21-6,22-7)23-8/h9-12,17H,1-2H2,3-8,24H3. The maximum absolute atomic E-state index is 5.66. The molecule has 0 fully saturated rings. The molecule has 1 aromatic rings. The van der Waals surface area contributed by atoms with E-state index in [9.17, 15) is 0 Å². The molecule has 6 nitrogen and oxygen atoms in total. The van der Waals surface area contributed by atoms with E-state index in [1.165, 1.54) is 5.19 Å². The van der Waals surface area contributed by atoms with E-state index in [0.29, 0.717) is 10.4 Å². The van der Waals surface area contributed by atoms with Crippen LogP contribution in [0.1, 0.15) is 11.5 Å². The Morgan fingerprint density at radius 1 is 0.769 bits per heavy atom. The van der Waals surface area contributed by atoms with Crippen molar-refractivity contribution in [2.75, 3.05) is 42.7 Å². The van der Waals surface area contributed by atoms with Crippen LogP contribution in [-0.4, -0.2) is 70.5 Å². The Kier molecular flexibility index (Phi) is 8.79. The average Bonchev–Trinajstić information content (AvgIpc) is 2.67. The SMILES string of the molecule is C=C(C(C(=C)[Si](OC)(OC)OC)c1ccccc1[SiH3])[Si](OC)(OC)OC. The molecule has 0 aliphatic carbocycles. The third-order valence-electron chi connectivity index (χ3n) is 4.60. The first-order chi connectivity index (χ1) is 12.3. The topological polar surface area (TPSA) is 55.4 Å². The molecule has 0 atom stereocenters. The molecule has 1 aromatic carbocycles. The van der Waals surface area contributed by atoms with Gasteiger partial charge in [-0.25, -0.2) is 0 Å². The summed E-state index contributed by atoms with van der Waals surface area (Å²) in [6.45, 7) is 8.58. The summed E-state index contributed by atoms with van der Waals surface area (Å²) in [4.78, 5) is 0. The van der Waals surface area contributed by atoms with Gasteiger partial charge in [-0.2, -0.15) is 0 Å². The molecular formula is C17H30O6Si3. The summed E-state index contributed by atoms with van der Waals surface area (Å²) in [5, 5.41) is 2.54. The molecule has 9 heteroatoms. The summed E-state index contributed by atoms with van der Waals surface area (Å²) in [6.07, 6.45) is 0. The van der Waals surface area contributed by atoms with E-state index in [-0.39, 0.29) is 5.92 Å². The number of allylic oxidation sites excluding steroid dienone is 2. The summed E-state index contributed by atoms with van der Waals surface area (Å²) in [5.74, 6) is -0.346. The van der Waals surface area contributed by atoms with E-state index in [1.54, 1.807) is 42.7 Å². The molecule has 0 aliphatic rings. The summed E-state index contributed by atoms with van der Waals surface area (Å²) < 4.78 is 34.0. The van der Waals surface area contributed by atoms with Crippen molar-refractivity contribution in [3.8, 4) is 0 Å². The fourth-order valence-corrected chi connectivity index (χ4v) is 7.87. The molecule has 0 N–H and O–H groups in total. The van der Waals surface area contributed by atoms with Crippen LogP contribution in [0.2, 0.25) is 0 Å². The van der Waals surface area contributed by atoms with Crippen LogP contribution in [0, 0.1) is 0 Å². The highest BCUT2D eigenvalue weighted by Gasteiger charge is 2.53. The van der Waals surface area contributed by atoms with Crippen molar-refractivity contribution in [2.45, 2.75) is 5.92 Å². The monoisotopic (exact) mass is 414 g/mol. The van der Waals surface area contributed by atoms with Crippen molar-refractivity contribution in [2.24, 2.45) is 0 Å². The Labute approximate surface area is 161 Å². The Morgan fingerprint density at radius 2 is 1.12 bits per heavy atom.